The summed E-state index contributed by atoms with van der Waals surface area (Å²) in [4.78, 5) is 58.5. The Hall–Kier alpha value is -4.31. The topological polar surface area (TPSA) is 231 Å². The van der Waals surface area contributed by atoms with Crippen molar-refractivity contribution in [2.45, 2.75) is 296 Å². The van der Waals surface area contributed by atoms with Crippen molar-refractivity contribution < 1.29 is 75.8 Å². The molecule has 18 heteroatoms. The lowest BCUT2D eigenvalue weighted by molar-refractivity contribution is -0.161. The molecule has 95 heavy (non-hydrogen) atoms. The summed E-state index contributed by atoms with van der Waals surface area (Å²) in [6.07, 6.45) is 82.1. The van der Waals surface area contributed by atoms with E-state index in [2.05, 4.69) is 154 Å². The minimum Gasteiger partial charge on any atom is -0.463 e. The highest BCUT2D eigenvalue weighted by molar-refractivity contribution is 7.47. The second-order valence-corrected chi connectivity index (χ2v) is 26.9. The number of unbranched alkanes of at least 4 members (excludes halogenated alkanes) is 23. The Balaban J connectivity index is 4.60. The van der Waals surface area contributed by atoms with Crippen molar-refractivity contribution in [3.05, 3.63) is 134 Å². The number of phosphoric acid groups is 2. The molecule has 0 aromatic rings. The molecule has 0 fully saturated rings. The van der Waals surface area contributed by atoms with Gasteiger partial charge in [-0.05, 0) is 135 Å². The second-order valence-electron chi connectivity index (χ2n) is 24.0. The highest BCUT2D eigenvalue weighted by Crippen LogP contribution is 2.45. The van der Waals surface area contributed by atoms with Crippen LogP contribution in [0.5, 0.6) is 0 Å². The summed E-state index contributed by atoms with van der Waals surface area (Å²) >= 11 is 0. The van der Waals surface area contributed by atoms with Crippen LogP contribution in [0, 0.1) is 0 Å². The zero-order valence-corrected chi connectivity index (χ0v) is 60.8. The van der Waals surface area contributed by atoms with Crippen LogP contribution in [0.4, 0.5) is 0 Å². The number of hydrogen-bond donors (Lipinski definition) is 4. The molecule has 0 saturated heterocycles. The van der Waals surface area contributed by atoms with Crippen LogP contribution >= 0.6 is 15.6 Å². The van der Waals surface area contributed by atoms with Gasteiger partial charge in [-0.25, -0.2) is 9.13 Å². The third-order valence-corrected chi connectivity index (χ3v) is 16.7. The van der Waals surface area contributed by atoms with Crippen LogP contribution in [0.25, 0.3) is 0 Å². The minimum atomic E-state index is -4.94. The van der Waals surface area contributed by atoms with E-state index in [0.717, 1.165) is 167 Å². The van der Waals surface area contributed by atoms with Crippen LogP contribution in [0.3, 0.4) is 0 Å². The Bertz CT molecular complexity index is 2260. The monoisotopic (exact) mass is 1370 g/mol. The Kier molecular flexibility index (Phi) is 66.4. The number of carbonyl (C=O) groups excluding carboxylic acids is 3. The van der Waals surface area contributed by atoms with Gasteiger partial charge in [0.05, 0.1) is 26.4 Å². The maximum atomic E-state index is 12.9. The van der Waals surface area contributed by atoms with Crippen molar-refractivity contribution in [3.63, 3.8) is 0 Å². The number of ether oxygens (including phenoxy) is 3. The Morgan fingerprint density at radius 1 is 0.305 bits per heavy atom. The molecule has 4 N–H and O–H groups in total. The van der Waals surface area contributed by atoms with E-state index in [1.165, 1.54) is 51.4 Å². The molecule has 0 spiro atoms. The van der Waals surface area contributed by atoms with E-state index in [4.69, 9.17) is 32.3 Å². The van der Waals surface area contributed by atoms with Gasteiger partial charge in [-0.1, -0.05) is 257 Å². The predicted octanol–water partition coefficient (Wildman–Crippen LogP) is 20.8. The normalized spacial score (nSPS) is 14.9. The number of aliphatic hydroxyl groups excluding tert-OH is 2. The number of rotatable bonds is 68. The molecule has 5 unspecified atom stereocenters. The second kappa shape index (κ2) is 69.6. The highest BCUT2D eigenvalue weighted by Gasteiger charge is 2.29. The molecule has 0 aliphatic carbocycles. The summed E-state index contributed by atoms with van der Waals surface area (Å²) < 4.78 is 60.9. The van der Waals surface area contributed by atoms with Crippen molar-refractivity contribution >= 4 is 33.6 Å². The Morgan fingerprint density at radius 2 is 0.579 bits per heavy atom. The van der Waals surface area contributed by atoms with E-state index < -0.39 is 91.5 Å². The zero-order chi connectivity index (χ0) is 69.5. The zero-order valence-electron chi connectivity index (χ0n) is 59.0. The number of allylic oxidation sites excluding steroid dienone is 22. The van der Waals surface area contributed by atoms with Crippen LogP contribution in [-0.4, -0.2) is 95.9 Å². The maximum Gasteiger partial charge on any atom is 0.472 e. The summed E-state index contributed by atoms with van der Waals surface area (Å²) in [5.41, 5.74) is 0. The van der Waals surface area contributed by atoms with Gasteiger partial charge in [0.1, 0.15) is 25.4 Å². The van der Waals surface area contributed by atoms with Gasteiger partial charge in [0, 0.05) is 19.3 Å². The third kappa shape index (κ3) is 70.8. The third-order valence-electron chi connectivity index (χ3n) is 14.8. The van der Waals surface area contributed by atoms with Gasteiger partial charge in [-0.3, -0.25) is 32.5 Å². The average Bonchev–Trinajstić information content (AvgIpc) is 1.83. The van der Waals surface area contributed by atoms with Gasteiger partial charge >= 0.3 is 33.6 Å². The molecule has 0 amide bonds. The first kappa shape index (κ1) is 90.7. The van der Waals surface area contributed by atoms with Crippen LogP contribution in [-0.2, 0) is 55.8 Å². The van der Waals surface area contributed by atoms with Crippen molar-refractivity contribution in [3.8, 4) is 0 Å². The van der Waals surface area contributed by atoms with Gasteiger partial charge in [-0.15, -0.1) is 0 Å². The quantitative estimate of drug-likeness (QED) is 0.0146. The first-order chi connectivity index (χ1) is 46.2. The number of phosphoric ester groups is 2. The molecule has 544 valence electrons. The lowest BCUT2D eigenvalue weighted by Gasteiger charge is -2.21. The van der Waals surface area contributed by atoms with E-state index in [-0.39, 0.29) is 19.3 Å². The molecule has 16 nitrogen and oxygen atoms in total. The molecular formula is C77H130O16P2. The number of hydrogen-bond acceptors (Lipinski definition) is 14. The molecule has 5 atom stereocenters. The molecular weight excluding hydrogens is 1240 g/mol. The van der Waals surface area contributed by atoms with Crippen molar-refractivity contribution in [2.75, 3.05) is 39.6 Å². The molecule has 0 bridgehead atoms. The fourth-order valence-electron chi connectivity index (χ4n) is 9.26. The molecule has 0 aromatic carbocycles. The average molecular weight is 1370 g/mol. The van der Waals surface area contributed by atoms with Crippen LogP contribution in [0.15, 0.2) is 134 Å². The summed E-state index contributed by atoms with van der Waals surface area (Å²) in [6.45, 7) is 2.41. The van der Waals surface area contributed by atoms with Gasteiger partial charge < -0.3 is 34.2 Å². The fourth-order valence-corrected chi connectivity index (χ4v) is 10.8. The molecule has 0 saturated carbocycles. The van der Waals surface area contributed by atoms with Crippen LogP contribution in [0.1, 0.15) is 278 Å². The summed E-state index contributed by atoms with van der Waals surface area (Å²) in [6, 6.07) is 0. The SMILES string of the molecule is CC/C=C\C/C=C\C/C=C\C/C=C\C/C=C\CCCCCCCC(=O)OCC(COP(=O)(O)OCC(O)COP(=O)(O)OCC(O)COC(=O)CCCCCCCCCCC/C=C\C/C=C\C/C=C\C/C=C\CCCCC)OC(=O)CCCCCCC/C=C\C/C=C\CCC. The van der Waals surface area contributed by atoms with Gasteiger partial charge in [-0.2, -0.15) is 0 Å². The molecule has 0 rings (SSSR count). The first-order valence-electron chi connectivity index (χ1n) is 36.5. The summed E-state index contributed by atoms with van der Waals surface area (Å²) in [7, 11) is -9.80. The highest BCUT2D eigenvalue weighted by atomic mass is 31.2. The molecule has 0 heterocycles. The van der Waals surface area contributed by atoms with Crippen molar-refractivity contribution in [1.29, 1.82) is 0 Å². The minimum absolute atomic E-state index is 0.0798. The molecule has 0 aliphatic heterocycles. The van der Waals surface area contributed by atoms with Crippen LogP contribution < -0.4 is 0 Å². The van der Waals surface area contributed by atoms with Gasteiger partial charge in [0.25, 0.3) is 0 Å². The summed E-state index contributed by atoms with van der Waals surface area (Å²) in [5, 5.41) is 20.6. The van der Waals surface area contributed by atoms with Gasteiger partial charge in [0.2, 0.25) is 0 Å². The number of aliphatic hydroxyl groups is 2. The lowest BCUT2D eigenvalue weighted by atomic mass is 10.1. The summed E-state index contributed by atoms with van der Waals surface area (Å²) in [5.74, 6) is -1.62. The molecule has 0 aromatic heterocycles. The lowest BCUT2D eigenvalue weighted by Crippen LogP contribution is -2.30. The molecule has 0 radical (unpaired) electrons. The predicted molar refractivity (Wildman–Crippen MR) is 390 cm³/mol. The van der Waals surface area contributed by atoms with Crippen molar-refractivity contribution in [1.82, 2.24) is 0 Å². The van der Waals surface area contributed by atoms with Gasteiger partial charge in [0.15, 0.2) is 6.10 Å². The maximum absolute atomic E-state index is 12.9. The molecule has 0 aliphatic rings. The van der Waals surface area contributed by atoms with E-state index in [0.29, 0.717) is 19.3 Å². The largest absolute Gasteiger partial charge is 0.472 e. The van der Waals surface area contributed by atoms with E-state index >= 15 is 0 Å². The fraction of sp³-hybridized carbons (Fsp3) is 0.675. The van der Waals surface area contributed by atoms with E-state index in [1.807, 2.05) is 0 Å². The van der Waals surface area contributed by atoms with Crippen molar-refractivity contribution in [2.24, 2.45) is 0 Å². The first-order valence-corrected chi connectivity index (χ1v) is 39.5. The Morgan fingerprint density at radius 3 is 0.926 bits per heavy atom. The van der Waals surface area contributed by atoms with E-state index in [9.17, 15) is 43.5 Å². The number of esters is 3. The smallest absolute Gasteiger partial charge is 0.463 e. The standard InChI is InChI=1S/C77H130O16P2/c1-4-7-10-13-16-19-22-25-27-29-31-33-34-35-36-38-40-41-43-46-48-51-54-57-60-63-75(80)87-66-72(78)67-89-94(83,84)90-68-73(79)69-91-95(85,86)92-71-74(93-77(82)65-62-59-56-53-50-45-24-21-18-15-12-9-6-3)70-88-76(81)64-61-58-55-52-49-47-44-42-39-37-32-30-28-26-23-20-17-14-11-8-5-2/h8,11-12,15-17,19-21,24-28,31-33,35-37,42,44,72-74,78-79H,4-7,9-10,13-14,18,22-23,29-30,34,38-41,43,45-71H2,1-3H3,(H,83,84)(H,85,86)/b11-8-,15-12-,19-16-,20-17-,24-21-,27-25-,28-26-,33-31-,36-35-,37-32-,44-42-. The number of carbonyl (C=O) groups is 3. The van der Waals surface area contributed by atoms with Crippen LogP contribution in [0.2, 0.25) is 0 Å². The Labute approximate surface area is 575 Å². The van der Waals surface area contributed by atoms with E-state index in [1.54, 1.807) is 0 Å².